The molecule has 3 nitrogen and oxygen atoms in total. The molecule has 3 rings (SSSR count). The van der Waals surface area contributed by atoms with Crippen molar-refractivity contribution in [3.8, 4) is 0 Å². The molecular formula is C16H22F3N2OP. The Balaban J connectivity index is 1.56. The Morgan fingerprint density at radius 3 is 3.00 bits per heavy atom. The van der Waals surface area contributed by atoms with Gasteiger partial charge in [-0.3, -0.25) is 4.79 Å². The fourth-order valence-corrected chi connectivity index (χ4v) is 4.20. The molecule has 0 aromatic rings. The first-order chi connectivity index (χ1) is 11.0. The molecule has 2 saturated heterocycles. The van der Waals surface area contributed by atoms with Gasteiger partial charge in [-0.05, 0) is 36.1 Å². The number of likely N-dealkylation sites (tertiary alicyclic amines) is 1. The maximum absolute atomic E-state index is 13.8. The minimum atomic E-state index is -1.88. The molecule has 0 radical (unpaired) electrons. The van der Waals surface area contributed by atoms with Crippen LogP contribution in [0.3, 0.4) is 0 Å². The Hall–Kier alpha value is -0.870. The highest BCUT2D eigenvalue weighted by Crippen LogP contribution is 2.33. The highest BCUT2D eigenvalue weighted by Gasteiger charge is 2.39. The monoisotopic (exact) mass is 346 g/mol. The van der Waals surface area contributed by atoms with Crippen LogP contribution in [0.25, 0.3) is 0 Å². The lowest BCUT2D eigenvalue weighted by molar-refractivity contribution is -0.131. The van der Waals surface area contributed by atoms with Crippen molar-refractivity contribution in [1.82, 2.24) is 10.2 Å². The first-order valence-electron chi connectivity index (χ1n) is 8.10. The number of nitrogens with one attached hydrogen (secondary N) is 1. The van der Waals surface area contributed by atoms with E-state index in [-0.39, 0.29) is 36.0 Å². The van der Waals surface area contributed by atoms with E-state index in [4.69, 9.17) is 0 Å². The third-order valence-corrected chi connectivity index (χ3v) is 5.47. The van der Waals surface area contributed by atoms with Crippen LogP contribution in [0, 0.1) is 5.92 Å². The number of rotatable bonds is 4. The summed E-state index contributed by atoms with van der Waals surface area (Å²) < 4.78 is 40.2. The van der Waals surface area contributed by atoms with Gasteiger partial charge in [-0.15, -0.1) is 9.24 Å². The normalized spacial score (nSPS) is 32.1. The molecule has 1 aliphatic carbocycles. The SMILES string of the molecule is O=C(C[C@H](P)CC1=C(F)CC(F)C(F)=C1)N1CC[C@H]2CNC[C@H]21. The van der Waals surface area contributed by atoms with Crippen molar-refractivity contribution >= 4 is 15.1 Å². The zero-order chi connectivity index (χ0) is 16.6. The number of hydrogen-bond donors (Lipinski definition) is 1. The number of alkyl halides is 1. The van der Waals surface area contributed by atoms with Crippen LogP contribution in [0.1, 0.15) is 25.7 Å². The van der Waals surface area contributed by atoms with Crippen LogP contribution in [-0.4, -0.2) is 48.3 Å². The van der Waals surface area contributed by atoms with Gasteiger partial charge in [0.2, 0.25) is 5.91 Å². The van der Waals surface area contributed by atoms with E-state index < -0.39 is 24.2 Å². The van der Waals surface area contributed by atoms with E-state index in [0.29, 0.717) is 5.92 Å². The summed E-state index contributed by atoms with van der Waals surface area (Å²) in [6.07, 6.45) is 0.0560. The molecule has 5 atom stereocenters. The summed E-state index contributed by atoms with van der Waals surface area (Å²) in [4.78, 5) is 14.4. The van der Waals surface area contributed by atoms with Gasteiger partial charge in [-0.2, -0.15) is 0 Å². The van der Waals surface area contributed by atoms with Crippen LogP contribution < -0.4 is 5.32 Å². The van der Waals surface area contributed by atoms with E-state index in [1.54, 1.807) is 0 Å². The average molecular weight is 346 g/mol. The van der Waals surface area contributed by atoms with Gasteiger partial charge in [-0.1, -0.05) is 0 Å². The molecule has 0 aromatic heterocycles. The van der Waals surface area contributed by atoms with Crippen LogP contribution in [0.2, 0.25) is 0 Å². The van der Waals surface area contributed by atoms with Crippen LogP contribution in [-0.2, 0) is 4.79 Å². The second kappa shape index (κ2) is 6.94. The minimum Gasteiger partial charge on any atom is -0.338 e. The van der Waals surface area contributed by atoms with Gasteiger partial charge < -0.3 is 10.2 Å². The molecule has 128 valence electrons. The highest BCUT2D eigenvalue weighted by atomic mass is 31.0. The second-order valence-corrected chi connectivity index (χ2v) is 7.60. The Labute approximate surface area is 136 Å². The molecule has 23 heavy (non-hydrogen) atoms. The molecule has 1 N–H and O–H groups in total. The quantitative estimate of drug-likeness (QED) is 0.794. The Bertz CT molecular complexity index is 551. The molecule has 2 heterocycles. The third kappa shape index (κ3) is 3.63. The predicted octanol–water partition coefficient (Wildman–Crippen LogP) is 2.65. The van der Waals surface area contributed by atoms with Crippen molar-refractivity contribution in [2.45, 2.75) is 43.6 Å². The average Bonchev–Trinajstić information content (AvgIpc) is 3.07. The standard InChI is InChI=1S/C16H22F3N2OP/c17-12-6-14(19)13(18)4-10(12)3-11(23)5-16(22)21-2-1-9-7-20-8-15(9)21/h4,9,11,14-15,20H,1-3,5-8,23H2/t9-,11+,14?,15+/m0/s1. The number of nitrogens with zero attached hydrogens (tertiary/aromatic N) is 1. The zero-order valence-electron chi connectivity index (χ0n) is 12.9. The number of carbonyl (C=O) groups is 1. The summed E-state index contributed by atoms with van der Waals surface area (Å²) in [5.41, 5.74) is -0.0112. The van der Waals surface area contributed by atoms with Crippen molar-refractivity contribution in [2.75, 3.05) is 19.6 Å². The summed E-state index contributed by atoms with van der Waals surface area (Å²) in [7, 11) is 2.53. The van der Waals surface area contributed by atoms with Crippen LogP contribution in [0.5, 0.6) is 0 Å². The van der Waals surface area contributed by atoms with Gasteiger partial charge in [0.15, 0.2) is 6.17 Å². The topological polar surface area (TPSA) is 32.3 Å². The maximum Gasteiger partial charge on any atom is 0.223 e. The van der Waals surface area contributed by atoms with E-state index >= 15 is 0 Å². The number of hydrogen-bond acceptors (Lipinski definition) is 2. The van der Waals surface area contributed by atoms with E-state index in [1.807, 2.05) is 4.90 Å². The summed E-state index contributed by atoms with van der Waals surface area (Å²) in [6.45, 7) is 2.58. The third-order valence-electron chi connectivity index (χ3n) is 5.00. The molecule has 1 amide bonds. The fourth-order valence-electron chi connectivity index (χ4n) is 3.75. The number of fused-ring (bicyclic) bond motifs is 1. The van der Waals surface area contributed by atoms with Crippen molar-refractivity contribution in [2.24, 2.45) is 5.92 Å². The van der Waals surface area contributed by atoms with Gasteiger partial charge >= 0.3 is 0 Å². The van der Waals surface area contributed by atoms with E-state index in [9.17, 15) is 18.0 Å². The van der Waals surface area contributed by atoms with Crippen LogP contribution in [0.15, 0.2) is 23.3 Å². The maximum atomic E-state index is 13.8. The molecular weight excluding hydrogens is 324 g/mol. The number of amides is 1. The van der Waals surface area contributed by atoms with Crippen molar-refractivity contribution in [1.29, 1.82) is 0 Å². The molecule has 2 unspecified atom stereocenters. The molecule has 7 heteroatoms. The fraction of sp³-hybridized carbons (Fsp3) is 0.688. The van der Waals surface area contributed by atoms with Gasteiger partial charge in [0.25, 0.3) is 0 Å². The van der Waals surface area contributed by atoms with Crippen LogP contribution in [0.4, 0.5) is 13.2 Å². The summed E-state index contributed by atoms with van der Waals surface area (Å²) in [5, 5.41) is 3.30. The summed E-state index contributed by atoms with van der Waals surface area (Å²) >= 11 is 0. The lowest BCUT2D eigenvalue weighted by Crippen LogP contribution is -2.39. The molecule has 2 aliphatic heterocycles. The Kier molecular flexibility index (Phi) is 5.12. The zero-order valence-corrected chi connectivity index (χ0v) is 14.1. The molecule has 0 spiro atoms. The van der Waals surface area contributed by atoms with Gasteiger partial charge in [0, 0.05) is 38.5 Å². The number of allylic oxidation sites excluding steroid dienone is 4. The number of carbonyl (C=O) groups excluding carboxylic acids is 1. The van der Waals surface area contributed by atoms with Crippen molar-refractivity contribution < 1.29 is 18.0 Å². The van der Waals surface area contributed by atoms with Gasteiger partial charge in [0.05, 0.1) is 0 Å². The summed E-state index contributed by atoms with van der Waals surface area (Å²) in [6, 6.07) is 0.273. The van der Waals surface area contributed by atoms with E-state index in [2.05, 4.69) is 14.6 Å². The summed E-state index contributed by atoms with van der Waals surface area (Å²) in [5.74, 6) is -0.936. The smallest absolute Gasteiger partial charge is 0.223 e. The first-order valence-corrected chi connectivity index (χ1v) is 8.76. The van der Waals surface area contributed by atoms with Crippen molar-refractivity contribution in [3.63, 3.8) is 0 Å². The highest BCUT2D eigenvalue weighted by molar-refractivity contribution is 7.17. The molecule has 0 bridgehead atoms. The molecule has 2 fully saturated rings. The lowest BCUT2D eigenvalue weighted by atomic mass is 9.98. The van der Waals surface area contributed by atoms with Crippen LogP contribution >= 0.6 is 9.24 Å². The first kappa shape index (κ1) is 17.0. The van der Waals surface area contributed by atoms with Gasteiger partial charge in [-0.25, -0.2) is 13.2 Å². The lowest BCUT2D eigenvalue weighted by Gasteiger charge is -2.25. The number of halogens is 3. The predicted molar refractivity (Wildman–Crippen MR) is 86.0 cm³/mol. The molecule has 3 aliphatic rings. The van der Waals surface area contributed by atoms with E-state index in [1.165, 1.54) is 0 Å². The largest absolute Gasteiger partial charge is 0.338 e. The van der Waals surface area contributed by atoms with E-state index in [0.717, 1.165) is 32.1 Å². The van der Waals surface area contributed by atoms with Gasteiger partial charge in [0.1, 0.15) is 11.7 Å². The molecule has 0 saturated carbocycles. The molecule has 0 aromatic carbocycles. The second-order valence-electron chi connectivity index (χ2n) is 6.66. The van der Waals surface area contributed by atoms with Crippen molar-refractivity contribution in [3.05, 3.63) is 23.3 Å². The minimum absolute atomic E-state index is 0.0610. The Morgan fingerprint density at radius 1 is 1.43 bits per heavy atom. The Morgan fingerprint density at radius 2 is 2.22 bits per heavy atom.